The lowest BCUT2D eigenvalue weighted by Gasteiger charge is -2.12. The second kappa shape index (κ2) is 8.04. The molecule has 0 aliphatic carbocycles. The molecular formula is C17H15Cl2NO4. The van der Waals surface area contributed by atoms with E-state index < -0.39 is 5.97 Å². The first-order chi connectivity index (χ1) is 11.4. The monoisotopic (exact) mass is 367 g/mol. The number of anilines is 1. The number of carbonyl (C=O) groups is 2. The summed E-state index contributed by atoms with van der Waals surface area (Å²) < 4.78 is 5.58. The molecule has 0 aliphatic heterocycles. The zero-order chi connectivity index (χ0) is 17.7. The summed E-state index contributed by atoms with van der Waals surface area (Å²) in [5.74, 6) is -0.941. The van der Waals surface area contributed by atoms with Crippen molar-refractivity contribution < 1.29 is 19.4 Å². The number of carboxylic acid groups (broad SMARTS) is 1. The van der Waals surface area contributed by atoms with Crippen molar-refractivity contribution >= 4 is 40.8 Å². The Kier molecular flexibility index (Phi) is 6.06. The van der Waals surface area contributed by atoms with Gasteiger partial charge in [-0.05, 0) is 35.9 Å². The van der Waals surface area contributed by atoms with E-state index in [-0.39, 0.29) is 30.2 Å². The molecule has 0 aromatic heterocycles. The second-order valence-electron chi connectivity index (χ2n) is 4.95. The van der Waals surface area contributed by atoms with Crippen LogP contribution < -0.4 is 10.1 Å². The molecule has 24 heavy (non-hydrogen) atoms. The van der Waals surface area contributed by atoms with Gasteiger partial charge < -0.3 is 15.2 Å². The fourth-order valence-electron chi connectivity index (χ4n) is 1.96. The number of hydrogen-bond donors (Lipinski definition) is 2. The first-order valence-electron chi connectivity index (χ1n) is 7.14. The van der Waals surface area contributed by atoms with Crippen LogP contribution in [-0.2, 0) is 11.4 Å². The molecule has 0 unspecified atom stereocenters. The van der Waals surface area contributed by atoms with Gasteiger partial charge in [-0.15, -0.1) is 0 Å². The molecule has 0 saturated carbocycles. The minimum Gasteiger partial charge on any atom is -0.487 e. The van der Waals surface area contributed by atoms with Crippen LogP contribution in [0.5, 0.6) is 5.75 Å². The summed E-state index contributed by atoms with van der Waals surface area (Å²) in [6, 6.07) is 9.52. The second-order valence-corrected chi connectivity index (χ2v) is 5.79. The zero-order valence-electron chi connectivity index (χ0n) is 12.8. The molecule has 2 aromatic rings. The first kappa shape index (κ1) is 18.1. The molecule has 0 aliphatic rings. The number of rotatable bonds is 6. The first-order valence-corrected chi connectivity index (χ1v) is 7.90. The van der Waals surface area contributed by atoms with Crippen molar-refractivity contribution in [3.63, 3.8) is 0 Å². The van der Waals surface area contributed by atoms with E-state index >= 15 is 0 Å². The van der Waals surface area contributed by atoms with Crippen LogP contribution in [0.4, 0.5) is 5.69 Å². The van der Waals surface area contributed by atoms with Crippen LogP contribution in [0.25, 0.3) is 0 Å². The van der Waals surface area contributed by atoms with Crippen molar-refractivity contribution in [2.75, 3.05) is 5.32 Å². The summed E-state index contributed by atoms with van der Waals surface area (Å²) in [6.45, 7) is 1.82. The van der Waals surface area contributed by atoms with Gasteiger partial charge in [0.1, 0.15) is 12.4 Å². The SMILES string of the molecule is CCC(=O)Nc1ccc(COc2ccc(Cl)cc2Cl)cc1C(=O)O. The molecule has 7 heteroatoms. The third kappa shape index (κ3) is 4.63. The Morgan fingerprint density at radius 3 is 2.54 bits per heavy atom. The number of carbonyl (C=O) groups excluding carboxylic acids is 1. The van der Waals surface area contributed by atoms with E-state index in [0.29, 0.717) is 21.4 Å². The van der Waals surface area contributed by atoms with E-state index in [1.165, 1.54) is 6.07 Å². The standard InChI is InChI=1S/C17H15Cl2NO4/c1-2-16(21)20-14-5-3-10(7-12(14)17(22)23)9-24-15-6-4-11(18)8-13(15)19/h3-8H,2,9H2,1H3,(H,20,21)(H,22,23). The van der Waals surface area contributed by atoms with Gasteiger partial charge in [0.05, 0.1) is 16.3 Å². The maximum atomic E-state index is 11.5. The molecule has 2 N–H and O–H groups in total. The average Bonchev–Trinajstić information content (AvgIpc) is 2.54. The number of ether oxygens (including phenoxy) is 1. The lowest BCUT2D eigenvalue weighted by atomic mass is 10.1. The summed E-state index contributed by atoms with van der Waals surface area (Å²) in [7, 11) is 0. The Hall–Kier alpha value is -2.24. The number of halogens is 2. The molecular weight excluding hydrogens is 353 g/mol. The molecule has 0 bridgehead atoms. The fraction of sp³-hybridized carbons (Fsp3) is 0.176. The van der Waals surface area contributed by atoms with E-state index in [0.717, 1.165) is 0 Å². The number of nitrogens with one attached hydrogen (secondary N) is 1. The quantitative estimate of drug-likeness (QED) is 0.780. The van der Waals surface area contributed by atoms with E-state index in [4.69, 9.17) is 27.9 Å². The molecule has 0 fully saturated rings. The summed E-state index contributed by atoms with van der Waals surface area (Å²) in [5.41, 5.74) is 0.885. The van der Waals surface area contributed by atoms with Crippen LogP contribution in [0.15, 0.2) is 36.4 Å². The van der Waals surface area contributed by atoms with Crippen molar-refractivity contribution in [1.82, 2.24) is 0 Å². The van der Waals surface area contributed by atoms with E-state index in [9.17, 15) is 14.7 Å². The lowest BCUT2D eigenvalue weighted by molar-refractivity contribution is -0.115. The van der Waals surface area contributed by atoms with Gasteiger partial charge >= 0.3 is 5.97 Å². The Bertz CT molecular complexity index is 777. The number of carboxylic acids is 1. The summed E-state index contributed by atoms with van der Waals surface area (Å²) >= 11 is 11.8. The largest absolute Gasteiger partial charge is 0.487 e. The van der Waals surface area contributed by atoms with Gasteiger partial charge in [0.25, 0.3) is 0 Å². The van der Waals surface area contributed by atoms with Gasteiger partial charge in [0.15, 0.2) is 0 Å². The Morgan fingerprint density at radius 2 is 1.92 bits per heavy atom. The van der Waals surface area contributed by atoms with Gasteiger partial charge in [-0.2, -0.15) is 0 Å². The molecule has 0 atom stereocenters. The predicted octanol–water partition coefficient (Wildman–Crippen LogP) is 4.62. The molecule has 0 heterocycles. The third-order valence-corrected chi connectivity index (χ3v) is 3.73. The highest BCUT2D eigenvalue weighted by molar-refractivity contribution is 6.35. The van der Waals surface area contributed by atoms with Gasteiger partial charge in [0, 0.05) is 11.4 Å². The summed E-state index contributed by atoms with van der Waals surface area (Å²) in [6.07, 6.45) is 0.263. The van der Waals surface area contributed by atoms with Gasteiger partial charge in [-0.1, -0.05) is 36.2 Å². The minimum atomic E-state index is -1.13. The van der Waals surface area contributed by atoms with Crippen LogP contribution >= 0.6 is 23.2 Å². The van der Waals surface area contributed by atoms with E-state index in [2.05, 4.69) is 5.32 Å². The Balaban J connectivity index is 2.17. The van der Waals surface area contributed by atoms with Crippen LogP contribution in [0, 0.1) is 0 Å². The topological polar surface area (TPSA) is 75.6 Å². The molecule has 1 amide bonds. The average molecular weight is 368 g/mol. The predicted molar refractivity (Wildman–Crippen MR) is 93.1 cm³/mol. The van der Waals surface area contributed by atoms with Crippen molar-refractivity contribution in [1.29, 1.82) is 0 Å². The van der Waals surface area contributed by atoms with Crippen molar-refractivity contribution in [3.05, 3.63) is 57.6 Å². The summed E-state index contributed by atoms with van der Waals surface area (Å²) in [5, 5.41) is 12.7. The third-order valence-electron chi connectivity index (χ3n) is 3.20. The maximum Gasteiger partial charge on any atom is 0.337 e. The molecule has 2 aromatic carbocycles. The normalized spacial score (nSPS) is 10.3. The molecule has 5 nitrogen and oxygen atoms in total. The fourth-order valence-corrected chi connectivity index (χ4v) is 2.42. The molecule has 0 saturated heterocycles. The van der Waals surface area contributed by atoms with Crippen molar-refractivity contribution in [2.45, 2.75) is 20.0 Å². The zero-order valence-corrected chi connectivity index (χ0v) is 14.3. The van der Waals surface area contributed by atoms with E-state index in [1.807, 2.05) is 0 Å². The number of hydrogen-bond acceptors (Lipinski definition) is 3. The van der Waals surface area contributed by atoms with Gasteiger partial charge in [-0.3, -0.25) is 4.79 Å². The van der Waals surface area contributed by atoms with Gasteiger partial charge in [-0.25, -0.2) is 4.79 Å². The number of benzene rings is 2. The van der Waals surface area contributed by atoms with Crippen LogP contribution in [-0.4, -0.2) is 17.0 Å². The maximum absolute atomic E-state index is 11.5. The summed E-state index contributed by atoms with van der Waals surface area (Å²) in [4.78, 5) is 22.8. The Morgan fingerprint density at radius 1 is 1.17 bits per heavy atom. The minimum absolute atomic E-state index is 0.0000954. The van der Waals surface area contributed by atoms with Crippen LogP contribution in [0.1, 0.15) is 29.3 Å². The van der Waals surface area contributed by atoms with E-state index in [1.54, 1.807) is 37.3 Å². The molecule has 0 radical (unpaired) electrons. The molecule has 2 rings (SSSR count). The highest BCUT2D eigenvalue weighted by atomic mass is 35.5. The lowest BCUT2D eigenvalue weighted by Crippen LogP contribution is -2.13. The number of aromatic carboxylic acids is 1. The van der Waals surface area contributed by atoms with Crippen LogP contribution in [0.3, 0.4) is 0 Å². The molecule has 0 spiro atoms. The highest BCUT2D eigenvalue weighted by Gasteiger charge is 2.13. The van der Waals surface area contributed by atoms with Crippen molar-refractivity contribution in [2.24, 2.45) is 0 Å². The smallest absolute Gasteiger partial charge is 0.337 e. The van der Waals surface area contributed by atoms with Gasteiger partial charge in [0.2, 0.25) is 5.91 Å². The Labute approximate surface area is 149 Å². The number of amides is 1. The van der Waals surface area contributed by atoms with Crippen LogP contribution in [0.2, 0.25) is 10.0 Å². The molecule has 126 valence electrons. The highest BCUT2D eigenvalue weighted by Crippen LogP contribution is 2.28. The van der Waals surface area contributed by atoms with Crippen molar-refractivity contribution in [3.8, 4) is 5.75 Å².